The number of hydrogen-bond donors (Lipinski definition) is 0. The summed E-state index contributed by atoms with van der Waals surface area (Å²) in [5.41, 5.74) is 6.87. The van der Waals surface area contributed by atoms with Crippen LogP contribution in [0.4, 0.5) is 11.4 Å². The zero-order valence-corrected chi connectivity index (χ0v) is 16.7. The van der Waals surface area contributed by atoms with Crippen molar-refractivity contribution in [3.05, 3.63) is 59.4 Å². The van der Waals surface area contributed by atoms with E-state index < -0.39 is 0 Å². The Morgan fingerprint density at radius 2 is 1.96 bits per heavy atom. The van der Waals surface area contributed by atoms with E-state index in [0.717, 1.165) is 44.1 Å². The molecule has 0 bridgehead atoms. The van der Waals surface area contributed by atoms with E-state index in [2.05, 4.69) is 64.2 Å². The smallest absolute Gasteiger partial charge is 0.138 e. The fourth-order valence-electron chi connectivity index (χ4n) is 5.74. The highest BCUT2D eigenvalue weighted by Gasteiger charge is 2.44. The van der Waals surface area contributed by atoms with E-state index in [-0.39, 0.29) is 0 Å². The number of nitrogens with zero attached hydrogens (tertiary/aromatic N) is 3. The molecule has 0 aliphatic carbocycles. The average Bonchev–Trinajstić information content (AvgIpc) is 3.24. The van der Waals surface area contributed by atoms with Gasteiger partial charge < -0.3 is 14.2 Å². The maximum absolute atomic E-state index is 6.01. The first-order valence-electron chi connectivity index (χ1n) is 10.5. The Morgan fingerprint density at radius 1 is 1.07 bits per heavy atom. The van der Waals surface area contributed by atoms with Gasteiger partial charge in [0.2, 0.25) is 0 Å². The molecule has 4 heteroatoms. The summed E-state index contributed by atoms with van der Waals surface area (Å²) in [5, 5.41) is 1.22. The predicted octanol–water partition coefficient (Wildman–Crippen LogP) is 4.37. The van der Waals surface area contributed by atoms with Gasteiger partial charge in [0, 0.05) is 62.7 Å². The van der Waals surface area contributed by atoms with Crippen LogP contribution < -0.4 is 9.80 Å². The molecular weight excluding hydrogens is 346 g/mol. The summed E-state index contributed by atoms with van der Waals surface area (Å²) in [4.78, 5) is 7.77. The third-order valence-electron chi connectivity index (χ3n) is 7.02. The molecule has 3 aliphatic heterocycles. The Balaban J connectivity index is 1.31. The summed E-state index contributed by atoms with van der Waals surface area (Å²) >= 11 is 0. The predicted molar refractivity (Wildman–Crippen MR) is 114 cm³/mol. The van der Waals surface area contributed by atoms with Crippen LogP contribution in [0.1, 0.15) is 29.2 Å². The minimum Gasteiger partial charge on any atom is -0.461 e. The second-order valence-electron chi connectivity index (χ2n) is 8.72. The highest BCUT2D eigenvalue weighted by molar-refractivity contribution is 5.82. The largest absolute Gasteiger partial charge is 0.461 e. The lowest BCUT2D eigenvalue weighted by atomic mass is 9.88. The zero-order valence-electron chi connectivity index (χ0n) is 16.7. The lowest BCUT2D eigenvalue weighted by Gasteiger charge is -2.41. The van der Waals surface area contributed by atoms with Crippen LogP contribution in [0.2, 0.25) is 0 Å². The van der Waals surface area contributed by atoms with Crippen LogP contribution in [0.5, 0.6) is 0 Å². The third kappa shape index (κ3) is 2.34. The molecule has 3 aromatic rings. The van der Waals surface area contributed by atoms with E-state index in [1.165, 1.54) is 28.7 Å². The van der Waals surface area contributed by atoms with Crippen molar-refractivity contribution in [3.63, 3.8) is 0 Å². The number of benzene rings is 2. The summed E-state index contributed by atoms with van der Waals surface area (Å²) < 4.78 is 6.01. The quantitative estimate of drug-likeness (QED) is 0.665. The summed E-state index contributed by atoms with van der Waals surface area (Å²) in [5.74, 6) is 1.62. The van der Waals surface area contributed by atoms with Crippen LogP contribution in [0, 0.1) is 6.92 Å². The fraction of sp³-hybridized carbons (Fsp3) is 0.417. The lowest BCUT2D eigenvalue weighted by Crippen LogP contribution is -2.49. The topological polar surface area (TPSA) is 22.9 Å². The minimum atomic E-state index is 0.618. The minimum absolute atomic E-state index is 0.618. The van der Waals surface area contributed by atoms with Crippen LogP contribution in [-0.4, -0.2) is 44.2 Å². The number of aryl methyl sites for hydroxylation is 1. The molecule has 0 spiro atoms. The van der Waals surface area contributed by atoms with Gasteiger partial charge in [0.15, 0.2) is 0 Å². The number of para-hydroxylation sites is 2. The zero-order chi connectivity index (χ0) is 18.8. The Morgan fingerprint density at radius 3 is 2.89 bits per heavy atom. The molecule has 4 heterocycles. The molecule has 144 valence electrons. The third-order valence-corrected chi connectivity index (χ3v) is 7.02. The van der Waals surface area contributed by atoms with E-state index in [0.29, 0.717) is 12.0 Å². The van der Waals surface area contributed by atoms with Crippen molar-refractivity contribution in [1.82, 2.24) is 4.90 Å². The van der Waals surface area contributed by atoms with Crippen LogP contribution in [0.15, 0.2) is 46.9 Å². The van der Waals surface area contributed by atoms with Gasteiger partial charge in [-0.05, 0) is 31.0 Å². The number of fused-ring (bicyclic) bond motifs is 4. The van der Waals surface area contributed by atoms with Crippen LogP contribution in [-0.2, 0) is 6.54 Å². The molecule has 1 saturated heterocycles. The lowest BCUT2D eigenvalue weighted by molar-refractivity contribution is 0.186. The van der Waals surface area contributed by atoms with Gasteiger partial charge in [0.25, 0.3) is 0 Å². The number of likely N-dealkylation sites (N-methyl/N-ethyl adjacent to an activating group) is 1. The monoisotopic (exact) mass is 373 g/mol. The van der Waals surface area contributed by atoms with E-state index >= 15 is 0 Å². The van der Waals surface area contributed by atoms with Crippen molar-refractivity contribution in [2.45, 2.75) is 31.8 Å². The van der Waals surface area contributed by atoms with Crippen molar-refractivity contribution in [1.29, 1.82) is 0 Å². The Bertz CT molecular complexity index is 1060. The number of likely N-dealkylation sites (tertiary alicyclic amines) is 1. The summed E-state index contributed by atoms with van der Waals surface area (Å²) in [6.07, 6.45) is 1.25. The Labute approximate surface area is 166 Å². The first kappa shape index (κ1) is 16.5. The second kappa shape index (κ2) is 6.02. The van der Waals surface area contributed by atoms with Crippen molar-refractivity contribution in [3.8, 4) is 0 Å². The van der Waals surface area contributed by atoms with Crippen molar-refractivity contribution < 1.29 is 4.42 Å². The highest BCUT2D eigenvalue weighted by Crippen LogP contribution is 2.50. The van der Waals surface area contributed by atoms with Crippen LogP contribution in [0.3, 0.4) is 0 Å². The maximum Gasteiger partial charge on any atom is 0.138 e. The highest BCUT2D eigenvalue weighted by atomic mass is 16.3. The average molecular weight is 374 g/mol. The normalized spacial score (nSPS) is 23.9. The molecule has 4 nitrogen and oxygen atoms in total. The molecule has 6 rings (SSSR count). The molecule has 0 N–H and O–H groups in total. The van der Waals surface area contributed by atoms with Gasteiger partial charge >= 0.3 is 0 Å². The van der Waals surface area contributed by atoms with E-state index in [1.807, 2.05) is 6.92 Å². The molecule has 3 aliphatic rings. The van der Waals surface area contributed by atoms with E-state index in [1.54, 1.807) is 5.56 Å². The summed E-state index contributed by atoms with van der Waals surface area (Å²) in [6, 6.07) is 16.3. The van der Waals surface area contributed by atoms with Gasteiger partial charge in [-0.3, -0.25) is 4.90 Å². The Kier molecular flexibility index (Phi) is 3.54. The molecule has 0 saturated carbocycles. The SMILES string of the molecule is Cc1cc2cccc(CN3CC[C@H]4[C@@H](C3)c3cccc5c3N4CCN5C)c2o1. The summed E-state index contributed by atoms with van der Waals surface area (Å²) in [6.45, 7) is 7.60. The number of rotatable bonds is 2. The van der Waals surface area contributed by atoms with E-state index in [4.69, 9.17) is 4.42 Å². The van der Waals surface area contributed by atoms with Gasteiger partial charge in [-0.15, -0.1) is 0 Å². The van der Waals surface area contributed by atoms with Crippen molar-refractivity contribution in [2.24, 2.45) is 0 Å². The van der Waals surface area contributed by atoms with Crippen molar-refractivity contribution in [2.75, 3.05) is 43.0 Å². The van der Waals surface area contributed by atoms with Gasteiger partial charge in [0.05, 0.1) is 11.4 Å². The number of hydrogen-bond acceptors (Lipinski definition) is 4. The molecule has 2 atom stereocenters. The molecular formula is C24H27N3O. The molecule has 0 amide bonds. The first-order chi connectivity index (χ1) is 13.7. The molecule has 1 fully saturated rings. The molecule has 1 aromatic heterocycles. The maximum atomic E-state index is 6.01. The Hall–Kier alpha value is -2.46. The molecule has 0 radical (unpaired) electrons. The standard InChI is InChI=1S/C24H27N3O/c1-16-13-17-5-3-6-18(24(17)28-16)14-26-10-9-21-20(15-26)19-7-4-8-22-23(19)27(21)12-11-25(22)2/h3-8,13,20-21H,9-12,14-15H2,1-2H3/t20-,21-/m0/s1. The number of furan rings is 1. The van der Waals surface area contributed by atoms with E-state index in [9.17, 15) is 0 Å². The summed E-state index contributed by atoms with van der Waals surface area (Å²) in [7, 11) is 2.23. The number of piperidine rings is 1. The van der Waals surface area contributed by atoms with Gasteiger partial charge in [-0.1, -0.05) is 30.3 Å². The van der Waals surface area contributed by atoms with Gasteiger partial charge in [-0.25, -0.2) is 0 Å². The second-order valence-corrected chi connectivity index (χ2v) is 8.72. The van der Waals surface area contributed by atoms with Crippen LogP contribution >= 0.6 is 0 Å². The fourth-order valence-corrected chi connectivity index (χ4v) is 5.74. The van der Waals surface area contributed by atoms with Gasteiger partial charge in [0.1, 0.15) is 11.3 Å². The number of anilines is 2. The molecule has 2 aromatic carbocycles. The molecule has 28 heavy (non-hydrogen) atoms. The van der Waals surface area contributed by atoms with Crippen molar-refractivity contribution >= 4 is 22.3 Å². The van der Waals surface area contributed by atoms with Crippen LogP contribution in [0.25, 0.3) is 11.0 Å². The first-order valence-corrected chi connectivity index (χ1v) is 10.5. The molecule has 0 unspecified atom stereocenters. The van der Waals surface area contributed by atoms with Gasteiger partial charge in [-0.2, -0.15) is 0 Å².